The fraction of sp³-hybridized carbons (Fsp3) is 0. The molecule has 0 amide bonds. The summed E-state index contributed by atoms with van der Waals surface area (Å²) in [6.07, 6.45) is 0. The van der Waals surface area contributed by atoms with Crippen molar-refractivity contribution in [1.82, 2.24) is 0 Å². The van der Waals surface area contributed by atoms with E-state index in [-0.39, 0.29) is 0 Å². The van der Waals surface area contributed by atoms with Crippen LogP contribution in [0.3, 0.4) is 0 Å². The average Bonchev–Trinajstić information content (AvgIpc) is 2.73. The van der Waals surface area contributed by atoms with Crippen LogP contribution in [0.4, 0.5) is 5.69 Å². The van der Waals surface area contributed by atoms with E-state index in [1.807, 2.05) is 0 Å². The third-order valence-corrected chi connectivity index (χ3v) is 5.19. The molecule has 0 bridgehead atoms. The van der Waals surface area contributed by atoms with Gasteiger partial charge in [0, 0.05) is 11.3 Å². The number of hydrogen-bond donors (Lipinski definition) is 1. The molecule has 128 valence electrons. The van der Waals surface area contributed by atoms with Gasteiger partial charge in [-0.05, 0) is 56.4 Å². The molecule has 27 heavy (non-hydrogen) atoms. The molecule has 0 radical (unpaired) electrons. The molecule has 0 spiro atoms. The van der Waals surface area contributed by atoms with E-state index in [1.165, 1.54) is 27.1 Å². The standard InChI is InChI=1S/C26H19N/c27-26-17-23(22-11-9-18-5-1-3-7-20(18)15-22)13-14-25(26)24-12-10-19-6-2-4-8-21(19)16-24/h1-17H,27H2. The van der Waals surface area contributed by atoms with E-state index in [2.05, 4.69) is 103 Å². The van der Waals surface area contributed by atoms with E-state index in [9.17, 15) is 0 Å². The molecule has 0 saturated carbocycles. The molecule has 1 heteroatoms. The second kappa shape index (κ2) is 6.30. The predicted molar refractivity (Wildman–Crippen MR) is 117 cm³/mol. The second-order valence-electron chi connectivity index (χ2n) is 6.93. The molecule has 5 aromatic carbocycles. The van der Waals surface area contributed by atoms with E-state index >= 15 is 0 Å². The quantitative estimate of drug-likeness (QED) is 0.346. The van der Waals surface area contributed by atoms with Gasteiger partial charge in [-0.3, -0.25) is 0 Å². The molecule has 2 N–H and O–H groups in total. The van der Waals surface area contributed by atoms with Crippen LogP contribution in [-0.2, 0) is 0 Å². The molecular weight excluding hydrogens is 326 g/mol. The Balaban J connectivity index is 1.57. The molecule has 0 unspecified atom stereocenters. The maximum atomic E-state index is 6.45. The Hall–Kier alpha value is -3.58. The van der Waals surface area contributed by atoms with Crippen molar-refractivity contribution in [3.63, 3.8) is 0 Å². The summed E-state index contributed by atoms with van der Waals surface area (Å²) in [5.74, 6) is 0. The third-order valence-electron chi connectivity index (χ3n) is 5.19. The lowest BCUT2D eigenvalue weighted by Crippen LogP contribution is -1.91. The van der Waals surface area contributed by atoms with E-state index in [0.717, 1.165) is 22.4 Å². The summed E-state index contributed by atoms with van der Waals surface area (Å²) in [7, 11) is 0. The zero-order chi connectivity index (χ0) is 18.2. The van der Waals surface area contributed by atoms with Gasteiger partial charge >= 0.3 is 0 Å². The molecule has 0 aromatic heterocycles. The van der Waals surface area contributed by atoms with Crippen LogP contribution < -0.4 is 5.73 Å². The Morgan fingerprint density at radius 3 is 1.52 bits per heavy atom. The fourth-order valence-electron chi connectivity index (χ4n) is 3.73. The number of anilines is 1. The maximum absolute atomic E-state index is 6.45. The summed E-state index contributed by atoms with van der Waals surface area (Å²) in [4.78, 5) is 0. The highest BCUT2D eigenvalue weighted by molar-refractivity contribution is 5.91. The average molecular weight is 345 g/mol. The molecule has 0 aliphatic heterocycles. The molecule has 5 aromatic rings. The molecule has 0 fully saturated rings. The largest absolute Gasteiger partial charge is 0.398 e. The van der Waals surface area contributed by atoms with Gasteiger partial charge in [0.15, 0.2) is 0 Å². The van der Waals surface area contributed by atoms with Gasteiger partial charge in [-0.2, -0.15) is 0 Å². The van der Waals surface area contributed by atoms with Crippen molar-refractivity contribution >= 4 is 27.2 Å². The summed E-state index contributed by atoms with van der Waals surface area (Å²) in [5.41, 5.74) is 11.8. The van der Waals surface area contributed by atoms with E-state index < -0.39 is 0 Å². The molecule has 0 atom stereocenters. The Kier molecular flexibility index (Phi) is 3.65. The van der Waals surface area contributed by atoms with Crippen molar-refractivity contribution in [2.24, 2.45) is 0 Å². The zero-order valence-electron chi connectivity index (χ0n) is 14.9. The first-order chi connectivity index (χ1) is 13.3. The summed E-state index contributed by atoms with van der Waals surface area (Å²) in [6, 6.07) is 36.2. The van der Waals surface area contributed by atoms with Gasteiger partial charge in [0.2, 0.25) is 0 Å². The number of benzene rings is 5. The number of fused-ring (bicyclic) bond motifs is 2. The van der Waals surface area contributed by atoms with Crippen LogP contribution in [0, 0.1) is 0 Å². The van der Waals surface area contributed by atoms with Crippen molar-refractivity contribution in [3.8, 4) is 22.3 Å². The first-order valence-corrected chi connectivity index (χ1v) is 9.16. The SMILES string of the molecule is Nc1cc(-c2ccc3ccccc3c2)ccc1-c1ccc2ccccc2c1. The Bertz CT molecular complexity index is 1280. The van der Waals surface area contributed by atoms with E-state index in [0.29, 0.717) is 0 Å². The molecule has 0 saturated heterocycles. The first kappa shape index (κ1) is 15.7. The van der Waals surface area contributed by atoms with Gasteiger partial charge in [0.25, 0.3) is 0 Å². The Labute approximate surface area is 158 Å². The molecular formula is C26H19N. The van der Waals surface area contributed by atoms with Crippen molar-refractivity contribution < 1.29 is 0 Å². The molecule has 0 heterocycles. The summed E-state index contributed by atoms with van der Waals surface area (Å²) < 4.78 is 0. The highest BCUT2D eigenvalue weighted by Gasteiger charge is 2.07. The fourth-order valence-corrected chi connectivity index (χ4v) is 3.73. The maximum Gasteiger partial charge on any atom is 0.0399 e. The van der Waals surface area contributed by atoms with Crippen LogP contribution >= 0.6 is 0 Å². The van der Waals surface area contributed by atoms with Crippen LogP contribution in [0.1, 0.15) is 0 Å². The third kappa shape index (κ3) is 2.84. The highest BCUT2D eigenvalue weighted by Crippen LogP contribution is 2.33. The smallest absolute Gasteiger partial charge is 0.0399 e. The molecule has 5 rings (SSSR count). The van der Waals surface area contributed by atoms with Crippen LogP contribution in [0.5, 0.6) is 0 Å². The zero-order valence-corrected chi connectivity index (χ0v) is 14.9. The normalized spacial score (nSPS) is 11.1. The minimum atomic E-state index is 0.802. The van der Waals surface area contributed by atoms with Crippen LogP contribution in [0.15, 0.2) is 103 Å². The minimum absolute atomic E-state index is 0.802. The molecule has 1 nitrogen and oxygen atoms in total. The van der Waals surface area contributed by atoms with Gasteiger partial charge < -0.3 is 5.73 Å². The van der Waals surface area contributed by atoms with Gasteiger partial charge in [-0.1, -0.05) is 84.9 Å². The lowest BCUT2D eigenvalue weighted by molar-refractivity contribution is 1.60. The highest BCUT2D eigenvalue weighted by atomic mass is 14.6. The Morgan fingerprint density at radius 1 is 0.407 bits per heavy atom. The molecule has 0 aliphatic rings. The first-order valence-electron chi connectivity index (χ1n) is 9.16. The number of nitrogens with two attached hydrogens (primary N) is 1. The van der Waals surface area contributed by atoms with E-state index in [4.69, 9.17) is 5.73 Å². The number of nitrogen functional groups attached to an aromatic ring is 1. The van der Waals surface area contributed by atoms with Crippen molar-refractivity contribution in [2.75, 3.05) is 5.73 Å². The molecule has 0 aliphatic carbocycles. The number of rotatable bonds is 2. The monoisotopic (exact) mass is 345 g/mol. The second-order valence-corrected chi connectivity index (χ2v) is 6.93. The summed E-state index contributed by atoms with van der Waals surface area (Å²) >= 11 is 0. The summed E-state index contributed by atoms with van der Waals surface area (Å²) in [5, 5.41) is 4.97. The minimum Gasteiger partial charge on any atom is -0.398 e. The van der Waals surface area contributed by atoms with Gasteiger partial charge in [-0.15, -0.1) is 0 Å². The number of hydrogen-bond acceptors (Lipinski definition) is 1. The van der Waals surface area contributed by atoms with E-state index in [1.54, 1.807) is 0 Å². The van der Waals surface area contributed by atoms with Crippen molar-refractivity contribution in [3.05, 3.63) is 103 Å². The topological polar surface area (TPSA) is 26.0 Å². The van der Waals surface area contributed by atoms with Crippen LogP contribution in [0.2, 0.25) is 0 Å². The predicted octanol–water partition coefficient (Wildman–Crippen LogP) is 6.91. The Morgan fingerprint density at radius 2 is 0.889 bits per heavy atom. The van der Waals surface area contributed by atoms with Gasteiger partial charge in [0.1, 0.15) is 0 Å². The van der Waals surface area contributed by atoms with Crippen LogP contribution in [-0.4, -0.2) is 0 Å². The summed E-state index contributed by atoms with van der Waals surface area (Å²) in [6.45, 7) is 0. The lowest BCUT2D eigenvalue weighted by atomic mass is 9.96. The van der Waals surface area contributed by atoms with Gasteiger partial charge in [-0.25, -0.2) is 0 Å². The van der Waals surface area contributed by atoms with Crippen molar-refractivity contribution in [1.29, 1.82) is 0 Å². The van der Waals surface area contributed by atoms with Gasteiger partial charge in [0.05, 0.1) is 0 Å². The lowest BCUT2D eigenvalue weighted by Gasteiger charge is -2.11. The van der Waals surface area contributed by atoms with Crippen LogP contribution in [0.25, 0.3) is 43.8 Å². The van der Waals surface area contributed by atoms with Crippen molar-refractivity contribution in [2.45, 2.75) is 0 Å².